The first-order valence-electron chi connectivity index (χ1n) is 7.10. The Morgan fingerprint density at radius 1 is 1.24 bits per heavy atom. The molecule has 0 aromatic heterocycles. The van der Waals surface area contributed by atoms with E-state index in [-0.39, 0.29) is 30.7 Å². The molecule has 7 heteroatoms. The Bertz CT molecular complexity index is 361. The number of hydrogen-bond donors (Lipinski definition) is 2. The molecule has 0 saturated heterocycles. The molecule has 0 spiro atoms. The van der Waals surface area contributed by atoms with Gasteiger partial charge in [-0.25, -0.2) is 4.79 Å². The molecule has 6 nitrogen and oxygen atoms in total. The van der Waals surface area contributed by atoms with Gasteiger partial charge in [-0.2, -0.15) is 11.8 Å². The van der Waals surface area contributed by atoms with E-state index in [0.29, 0.717) is 5.92 Å². The van der Waals surface area contributed by atoms with E-state index in [1.165, 1.54) is 30.5 Å². The van der Waals surface area contributed by atoms with Crippen LogP contribution in [0.2, 0.25) is 0 Å². The number of carbonyl (C=O) groups excluding carboxylic acids is 2. The minimum Gasteiger partial charge on any atom is -0.480 e. The molecular formula is C14H26N2O4S. The zero-order chi connectivity index (χ0) is 16.4. The molecular weight excluding hydrogens is 292 g/mol. The van der Waals surface area contributed by atoms with Gasteiger partial charge >= 0.3 is 5.97 Å². The Labute approximate surface area is 130 Å². The number of aliphatic carboxylic acids is 1. The minimum absolute atomic E-state index is 0.198. The van der Waals surface area contributed by atoms with Gasteiger partial charge in [0.1, 0.15) is 6.04 Å². The average molecular weight is 318 g/mol. The molecule has 0 aliphatic heterocycles. The van der Waals surface area contributed by atoms with Crippen molar-refractivity contribution in [1.82, 2.24) is 10.2 Å². The summed E-state index contributed by atoms with van der Waals surface area (Å²) < 4.78 is 0. The second kappa shape index (κ2) is 10.5. The molecule has 2 N–H and O–H groups in total. The molecule has 2 amide bonds. The summed E-state index contributed by atoms with van der Waals surface area (Å²) >= 11 is 1.52. The molecule has 0 bridgehead atoms. The number of amides is 2. The van der Waals surface area contributed by atoms with Gasteiger partial charge in [0.15, 0.2) is 0 Å². The maximum atomic E-state index is 12.1. The highest BCUT2D eigenvalue weighted by Gasteiger charge is 2.24. The first-order valence-corrected chi connectivity index (χ1v) is 8.25. The fourth-order valence-corrected chi connectivity index (χ4v) is 2.70. The predicted octanol–water partition coefficient (Wildman–Crippen LogP) is 1.20. The summed E-state index contributed by atoms with van der Waals surface area (Å²) in [5, 5.41) is 11.6. The number of rotatable bonds is 10. The monoisotopic (exact) mass is 318 g/mol. The fraction of sp³-hybridized carbons (Fsp3) is 0.786. The van der Waals surface area contributed by atoms with Crippen molar-refractivity contribution in [3.8, 4) is 0 Å². The Morgan fingerprint density at radius 3 is 2.33 bits per heavy atom. The maximum Gasteiger partial charge on any atom is 0.326 e. The van der Waals surface area contributed by atoms with Crippen molar-refractivity contribution in [3.05, 3.63) is 0 Å². The number of carboxylic acids is 1. The van der Waals surface area contributed by atoms with E-state index < -0.39 is 12.0 Å². The molecule has 21 heavy (non-hydrogen) atoms. The summed E-state index contributed by atoms with van der Waals surface area (Å²) in [7, 11) is 0. The van der Waals surface area contributed by atoms with Crippen LogP contribution < -0.4 is 5.32 Å². The molecule has 0 fully saturated rings. The summed E-state index contributed by atoms with van der Waals surface area (Å²) in [6, 6.07) is -0.892. The molecule has 0 aliphatic rings. The summed E-state index contributed by atoms with van der Waals surface area (Å²) in [4.78, 5) is 35.4. The van der Waals surface area contributed by atoms with Gasteiger partial charge in [0.05, 0.1) is 5.75 Å². The third-order valence-corrected chi connectivity index (χ3v) is 3.91. The Hall–Kier alpha value is -1.24. The summed E-state index contributed by atoms with van der Waals surface area (Å²) in [6.45, 7) is 7.57. The van der Waals surface area contributed by atoms with E-state index in [1.807, 2.05) is 0 Å². The first kappa shape index (κ1) is 19.8. The smallest absolute Gasteiger partial charge is 0.326 e. The van der Waals surface area contributed by atoms with E-state index in [9.17, 15) is 14.4 Å². The van der Waals surface area contributed by atoms with E-state index in [0.717, 1.165) is 12.2 Å². The molecule has 0 radical (unpaired) electrons. The molecule has 122 valence electrons. The fourth-order valence-electron chi connectivity index (χ4n) is 1.58. The topological polar surface area (TPSA) is 86.7 Å². The molecule has 1 unspecified atom stereocenters. The third kappa shape index (κ3) is 9.33. The first-order chi connectivity index (χ1) is 9.75. The van der Waals surface area contributed by atoms with Crippen molar-refractivity contribution in [3.63, 3.8) is 0 Å². The zero-order valence-electron chi connectivity index (χ0n) is 13.2. The quantitative estimate of drug-likeness (QED) is 0.591. The van der Waals surface area contributed by atoms with E-state index in [4.69, 9.17) is 5.11 Å². The Balaban J connectivity index is 4.38. The van der Waals surface area contributed by atoms with Crippen molar-refractivity contribution in [1.29, 1.82) is 0 Å². The van der Waals surface area contributed by atoms with Crippen molar-refractivity contribution in [2.24, 2.45) is 5.92 Å². The van der Waals surface area contributed by atoms with Crippen LogP contribution in [0.3, 0.4) is 0 Å². The van der Waals surface area contributed by atoms with Crippen LogP contribution in [-0.2, 0) is 14.4 Å². The predicted molar refractivity (Wildman–Crippen MR) is 84.3 cm³/mol. The summed E-state index contributed by atoms with van der Waals surface area (Å²) in [5.41, 5.74) is 0. The highest BCUT2D eigenvalue weighted by atomic mass is 32.2. The van der Waals surface area contributed by atoms with Gasteiger partial charge in [-0.3, -0.25) is 9.59 Å². The second-order valence-electron chi connectivity index (χ2n) is 5.32. The largest absolute Gasteiger partial charge is 0.480 e. The van der Waals surface area contributed by atoms with Crippen LogP contribution in [0.1, 0.15) is 34.1 Å². The normalized spacial score (nSPS) is 12.0. The Morgan fingerprint density at radius 2 is 1.86 bits per heavy atom. The van der Waals surface area contributed by atoms with Crippen LogP contribution in [-0.4, -0.2) is 58.4 Å². The van der Waals surface area contributed by atoms with E-state index >= 15 is 0 Å². The number of thioether (sulfide) groups is 1. The number of hydrogen-bond acceptors (Lipinski definition) is 4. The highest BCUT2D eigenvalue weighted by Crippen LogP contribution is 2.11. The molecule has 0 heterocycles. The number of carbonyl (C=O) groups is 3. The van der Waals surface area contributed by atoms with Crippen LogP contribution in [0.4, 0.5) is 0 Å². The average Bonchev–Trinajstić information content (AvgIpc) is 2.38. The lowest BCUT2D eigenvalue weighted by atomic mass is 10.2. The molecule has 0 saturated carbocycles. The van der Waals surface area contributed by atoms with Crippen molar-refractivity contribution in [2.45, 2.75) is 40.2 Å². The van der Waals surface area contributed by atoms with Gasteiger partial charge in [-0.1, -0.05) is 13.8 Å². The van der Waals surface area contributed by atoms with E-state index in [2.05, 4.69) is 19.2 Å². The number of nitrogens with one attached hydrogen (secondary N) is 1. The van der Waals surface area contributed by atoms with Gasteiger partial charge in [-0.15, -0.1) is 0 Å². The summed E-state index contributed by atoms with van der Waals surface area (Å²) in [6.07, 6.45) is 1.03. The van der Waals surface area contributed by atoms with Gasteiger partial charge in [-0.05, 0) is 25.0 Å². The van der Waals surface area contributed by atoms with Gasteiger partial charge < -0.3 is 15.3 Å². The molecule has 0 rings (SSSR count). The van der Waals surface area contributed by atoms with Gasteiger partial charge in [0.25, 0.3) is 0 Å². The van der Waals surface area contributed by atoms with Crippen molar-refractivity contribution >= 4 is 29.5 Å². The lowest BCUT2D eigenvalue weighted by Crippen LogP contribution is -2.47. The van der Waals surface area contributed by atoms with Crippen LogP contribution in [0.5, 0.6) is 0 Å². The SMILES string of the molecule is CC(=O)NCCN(C(=O)CSCCC(C)C)C(C)C(=O)O. The molecule has 1 atom stereocenters. The van der Waals surface area contributed by atoms with Crippen LogP contribution in [0, 0.1) is 5.92 Å². The molecule has 0 aromatic rings. The highest BCUT2D eigenvalue weighted by molar-refractivity contribution is 7.99. The zero-order valence-corrected chi connectivity index (χ0v) is 14.0. The van der Waals surface area contributed by atoms with Crippen molar-refractivity contribution < 1.29 is 19.5 Å². The van der Waals surface area contributed by atoms with Crippen LogP contribution >= 0.6 is 11.8 Å². The lowest BCUT2D eigenvalue weighted by Gasteiger charge is -2.26. The number of nitrogens with zero attached hydrogens (tertiary/aromatic N) is 1. The standard InChI is InChI=1S/C14H26N2O4S/c1-10(2)5-8-21-9-13(18)16(11(3)14(19)20)7-6-15-12(4)17/h10-11H,5-9H2,1-4H3,(H,15,17)(H,19,20). The molecule has 0 aromatic carbocycles. The third-order valence-electron chi connectivity index (χ3n) is 2.94. The second-order valence-corrected chi connectivity index (χ2v) is 6.42. The minimum atomic E-state index is -1.04. The lowest BCUT2D eigenvalue weighted by molar-refractivity contribution is -0.148. The number of carboxylic acid groups (broad SMARTS) is 1. The molecule has 0 aliphatic carbocycles. The Kier molecular flexibility index (Phi) is 9.86. The van der Waals surface area contributed by atoms with Gasteiger partial charge in [0.2, 0.25) is 11.8 Å². The summed E-state index contributed by atoms with van der Waals surface area (Å²) in [5.74, 6) is 0.287. The van der Waals surface area contributed by atoms with Crippen LogP contribution in [0.15, 0.2) is 0 Å². The van der Waals surface area contributed by atoms with Crippen LogP contribution in [0.25, 0.3) is 0 Å². The van der Waals surface area contributed by atoms with Gasteiger partial charge in [0, 0.05) is 20.0 Å². The maximum absolute atomic E-state index is 12.1. The van der Waals surface area contributed by atoms with Crippen molar-refractivity contribution in [2.75, 3.05) is 24.6 Å². The van der Waals surface area contributed by atoms with E-state index in [1.54, 1.807) is 0 Å².